The Labute approximate surface area is 151 Å². The van der Waals surface area contributed by atoms with Crippen molar-refractivity contribution >= 4 is 0 Å². The molecule has 1 unspecified atom stereocenters. The molecule has 3 aromatic rings. The maximum absolute atomic E-state index is 12.5. The van der Waals surface area contributed by atoms with Crippen LogP contribution >= 0.6 is 0 Å². The van der Waals surface area contributed by atoms with Gasteiger partial charge in [0.15, 0.2) is 0 Å². The predicted molar refractivity (Wildman–Crippen MR) is 87.8 cm³/mol. The van der Waals surface area contributed by atoms with Gasteiger partial charge in [-0.3, -0.25) is 0 Å². The highest BCUT2D eigenvalue weighted by molar-refractivity contribution is 5.55. The SMILES string of the molecule is NC(CO)Cc1nc(-c2ccc(Oc3ccc(C(F)(F)F)cn3)cc2)no1. The van der Waals surface area contributed by atoms with Crippen molar-refractivity contribution < 1.29 is 27.5 Å². The van der Waals surface area contributed by atoms with E-state index in [1.165, 1.54) is 0 Å². The first kappa shape index (κ1) is 18.8. The number of aliphatic hydroxyl groups excluding tert-OH is 1. The molecule has 0 radical (unpaired) electrons. The first-order valence-corrected chi connectivity index (χ1v) is 7.85. The summed E-state index contributed by atoms with van der Waals surface area (Å²) in [4.78, 5) is 7.83. The van der Waals surface area contributed by atoms with Crippen molar-refractivity contribution in [1.82, 2.24) is 15.1 Å². The summed E-state index contributed by atoms with van der Waals surface area (Å²) in [5.74, 6) is 1.07. The molecule has 1 aromatic carbocycles. The Hall–Kier alpha value is -2.98. The summed E-state index contributed by atoms with van der Waals surface area (Å²) in [7, 11) is 0. The van der Waals surface area contributed by atoms with E-state index in [1.54, 1.807) is 24.3 Å². The van der Waals surface area contributed by atoms with Crippen LogP contribution in [0, 0.1) is 0 Å². The highest BCUT2D eigenvalue weighted by Crippen LogP contribution is 2.30. The van der Waals surface area contributed by atoms with Crippen LogP contribution in [0.2, 0.25) is 0 Å². The molecule has 3 rings (SSSR count). The molecule has 0 bridgehead atoms. The number of ether oxygens (including phenoxy) is 1. The lowest BCUT2D eigenvalue weighted by Gasteiger charge is -2.08. The Morgan fingerprint density at radius 2 is 1.89 bits per heavy atom. The van der Waals surface area contributed by atoms with Gasteiger partial charge in [0.2, 0.25) is 17.6 Å². The number of nitrogens with two attached hydrogens (primary N) is 1. The molecule has 2 aromatic heterocycles. The van der Waals surface area contributed by atoms with Crippen molar-refractivity contribution in [3.8, 4) is 23.0 Å². The molecule has 0 aliphatic rings. The molecule has 3 N–H and O–H groups in total. The maximum atomic E-state index is 12.5. The summed E-state index contributed by atoms with van der Waals surface area (Å²) < 4.78 is 48.1. The highest BCUT2D eigenvalue weighted by Gasteiger charge is 2.30. The minimum Gasteiger partial charge on any atom is -0.439 e. The molecule has 0 aliphatic carbocycles. The van der Waals surface area contributed by atoms with Gasteiger partial charge in [0.05, 0.1) is 12.2 Å². The second-order valence-electron chi connectivity index (χ2n) is 5.67. The molecule has 27 heavy (non-hydrogen) atoms. The monoisotopic (exact) mass is 380 g/mol. The van der Waals surface area contributed by atoms with Gasteiger partial charge in [-0.15, -0.1) is 0 Å². The molecule has 142 valence electrons. The van der Waals surface area contributed by atoms with Gasteiger partial charge in [0.1, 0.15) is 5.75 Å². The molecule has 2 heterocycles. The number of aromatic nitrogens is 3. The number of rotatable bonds is 6. The van der Waals surface area contributed by atoms with E-state index in [4.69, 9.17) is 20.1 Å². The summed E-state index contributed by atoms with van der Waals surface area (Å²) in [5.41, 5.74) is 5.42. The van der Waals surface area contributed by atoms with Crippen LogP contribution in [0.5, 0.6) is 11.6 Å². The molecule has 1 atom stereocenters. The molecule has 7 nitrogen and oxygen atoms in total. The van der Waals surface area contributed by atoms with Gasteiger partial charge in [-0.25, -0.2) is 4.98 Å². The third kappa shape index (κ3) is 4.80. The van der Waals surface area contributed by atoms with E-state index in [9.17, 15) is 13.2 Å². The van der Waals surface area contributed by atoms with Crippen LogP contribution in [-0.2, 0) is 12.6 Å². The number of hydrogen-bond donors (Lipinski definition) is 2. The van der Waals surface area contributed by atoms with Crippen molar-refractivity contribution in [1.29, 1.82) is 0 Å². The van der Waals surface area contributed by atoms with Gasteiger partial charge in [-0.1, -0.05) is 5.16 Å². The molecule has 0 saturated carbocycles. The van der Waals surface area contributed by atoms with E-state index < -0.39 is 17.8 Å². The molecular formula is C17H15F3N4O3. The lowest BCUT2D eigenvalue weighted by Crippen LogP contribution is -2.26. The van der Waals surface area contributed by atoms with Crippen LogP contribution in [0.4, 0.5) is 13.2 Å². The fourth-order valence-corrected chi connectivity index (χ4v) is 2.15. The molecule has 0 saturated heterocycles. The van der Waals surface area contributed by atoms with Crippen LogP contribution in [-0.4, -0.2) is 32.9 Å². The van der Waals surface area contributed by atoms with E-state index in [2.05, 4.69) is 15.1 Å². The number of hydrogen-bond acceptors (Lipinski definition) is 7. The normalized spacial score (nSPS) is 12.8. The number of nitrogens with zero attached hydrogens (tertiary/aromatic N) is 3. The predicted octanol–water partition coefficient (Wildman–Crippen LogP) is 2.80. The Kier molecular flexibility index (Phi) is 5.38. The molecule has 0 fully saturated rings. The summed E-state index contributed by atoms with van der Waals surface area (Å²) >= 11 is 0. The van der Waals surface area contributed by atoms with Crippen LogP contribution in [0.25, 0.3) is 11.4 Å². The van der Waals surface area contributed by atoms with Crippen molar-refractivity contribution in [3.05, 3.63) is 54.0 Å². The van der Waals surface area contributed by atoms with Crippen molar-refractivity contribution in [2.45, 2.75) is 18.6 Å². The van der Waals surface area contributed by atoms with Crippen LogP contribution in [0.1, 0.15) is 11.5 Å². The maximum Gasteiger partial charge on any atom is 0.417 e. The topological polar surface area (TPSA) is 107 Å². The van der Waals surface area contributed by atoms with Gasteiger partial charge in [-0.05, 0) is 30.3 Å². The smallest absolute Gasteiger partial charge is 0.417 e. The number of aliphatic hydroxyl groups is 1. The lowest BCUT2D eigenvalue weighted by atomic mass is 10.2. The second-order valence-corrected chi connectivity index (χ2v) is 5.67. The van der Waals surface area contributed by atoms with E-state index >= 15 is 0 Å². The van der Waals surface area contributed by atoms with Gasteiger partial charge < -0.3 is 20.1 Å². The quantitative estimate of drug-likeness (QED) is 0.677. The van der Waals surface area contributed by atoms with E-state index in [-0.39, 0.29) is 18.9 Å². The highest BCUT2D eigenvalue weighted by atomic mass is 19.4. The Bertz CT molecular complexity index is 880. The first-order valence-electron chi connectivity index (χ1n) is 7.85. The summed E-state index contributed by atoms with van der Waals surface area (Å²) in [6.45, 7) is -0.193. The standard InChI is InChI=1S/C17H15F3N4O3/c18-17(19,20)11-3-6-14(22-8-11)26-13-4-1-10(2-5-13)16-23-15(27-24-16)7-12(21)9-25/h1-6,8,12,25H,7,9,21H2. The average molecular weight is 380 g/mol. The number of alkyl halides is 3. The van der Waals surface area contributed by atoms with Gasteiger partial charge in [-0.2, -0.15) is 18.2 Å². The zero-order valence-electron chi connectivity index (χ0n) is 13.8. The summed E-state index contributed by atoms with van der Waals surface area (Å²) in [5, 5.41) is 12.8. The lowest BCUT2D eigenvalue weighted by molar-refractivity contribution is -0.137. The van der Waals surface area contributed by atoms with Crippen molar-refractivity contribution in [2.75, 3.05) is 6.61 Å². The van der Waals surface area contributed by atoms with E-state index in [0.717, 1.165) is 12.1 Å². The second kappa shape index (κ2) is 7.72. The van der Waals surface area contributed by atoms with Crippen LogP contribution < -0.4 is 10.5 Å². The Balaban J connectivity index is 1.67. The van der Waals surface area contributed by atoms with Crippen LogP contribution in [0.3, 0.4) is 0 Å². The summed E-state index contributed by atoms with van der Waals surface area (Å²) in [6, 6.07) is 8.10. The number of halogens is 3. The molecule has 0 amide bonds. The zero-order valence-corrected chi connectivity index (χ0v) is 13.8. The number of benzene rings is 1. The fraction of sp³-hybridized carbons (Fsp3) is 0.235. The molecular weight excluding hydrogens is 365 g/mol. The van der Waals surface area contributed by atoms with Crippen LogP contribution in [0.15, 0.2) is 47.1 Å². The Morgan fingerprint density at radius 1 is 1.15 bits per heavy atom. The fourth-order valence-electron chi connectivity index (χ4n) is 2.15. The number of pyridine rings is 1. The minimum absolute atomic E-state index is 0.0376. The third-order valence-electron chi connectivity index (χ3n) is 3.54. The van der Waals surface area contributed by atoms with Crippen molar-refractivity contribution in [2.24, 2.45) is 5.73 Å². The van der Waals surface area contributed by atoms with E-state index in [1.807, 2.05) is 0 Å². The molecule has 0 aliphatic heterocycles. The largest absolute Gasteiger partial charge is 0.439 e. The zero-order chi connectivity index (χ0) is 19.4. The molecule has 10 heteroatoms. The van der Waals surface area contributed by atoms with E-state index in [0.29, 0.717) is 29.2 Å². The Morgan fingerprint density at radius 3 is 2.48 bits per heavy atom. The summed E-state index contributed by atoms with van der Waals surface area (Å²) in [6.07, 6.45) is -3.48. The van der Waals surface area contributed by atoms with Gasteiger partial charge >= 0.3 is 6.18 Å². The first-order chi connectivity index (χ1) is 12.8. The van der Waals surface area contributed by atoms with Crippen molar-refractivity contribution in [3.63, 3.8) is 0 Å². The van der Waals surface area contributed by atoms with Gasteiger partial charge in [0, 0.05) is 30.3 Å². The minimum atomic E-state index is -4.45. The average Bonchev–Trinajstić information content (AvgIpc) is 3.10. The molecule has 0 spiro atoms. The van der Waals surface area contributed by atoms with Gasteiger partial charge in [0.25, 0.3) is 0 Å². The third-order valence-corrected chi connectivity index (χ3v) is 3.54.